The Balaban J connectivity index is 2.87. The summed E-state index contributed by atoms with van der Waals surface area (Å²) in [6.07, 6.45) is 2.90. The Hall–Kier alpha value is -0.610. The fourth-order valence-corrected chi connectivity index (χ4v) is 2.70. The van der Waals surface area contributed by atoms with E-state index in [1.807, 2.05) is 20.8 Å². The number of aliphatic hydroxyl groups is 1. The summed E-state index contributed by atoms with van der Waals surface area (Å²) in [5.74, 6) is -1.57. The summed E-state index contributed by atoms with van der Waals surface area (Å²) >= 11 is 0. The third-order valence-electron chi connectivity index (χ3n) is 3.94. The Morgan fingerprint density at radius 3 is 2.59 bits per heavy atom. The van der Waals surface area contributed by atoms with Crippen molar-refractivity contribution in [3.63, 3.8) is 0 Å². The van der Waals surface area contributed by atoms with Gasteiger partial charge in [0.05, 0.1) is 23.7 Å². The normalized spacial score (nSPS) is 35.5. The van der Waals surface area contributed by atoms with Gasteiger partial charge >= 0.3 is 5.97 Å². The van der Waals surface area contributed by atoms with E-state index in [0.717, 1.165) is 12.8 Å². The molecule has 1 fully saturated rings. The lowest BCUT2D eigenvalue weighted by Crippen LogP contribution is -2.53. The number of hydrogen-bond acceptors (Lipinski definition) is 3. The highest BCUT2D eigenvalue weighted by atomic mass is 16.5. The van der Waals surface area contributed by atoms with Crippen molar-refractivity contribution in [3.8, 4) is 0 Å². The molecule has 1 aliphatic rings. The summed E-state index contributed by atoms with van der Waals surface area (Å²) in [6, 6.07) is 0. The van der Waals surface area contributed by atoms with E-state index < -0.39 is 23.1 Å². The van der Waals surface area contributed by atoms with Gasteiger partial charge in [0, 0.05) is 12.8 Å². The molecule has 1 aliphatic heterocycles. The molecule has 0 bridgehead atoms. The summed E-state index contributed by atoms with van der Waals surface area (Å²) in [5, 5.41) is 19.9. The van der Waals surface area contributed by atoms with Crippen LogP contribution in [-0.4, -0.2) is 34.0 Å². The Bertz CT molecular complexity index is 279. The van der Waals surface area contributed by atoms with Crippen LogP contribution in [0, 0.1) is 5.92 Å². The lowest BCUT2D eigenvalue weighted by atomic mass is 9.72. The van der Waals surface area contributed by atoms with Crippen molar-refractivity contribution in [2.24, 2.45) is 5.92 Å². The second-order valence-corrected chi connectivity index (χ2v) is 5.36. The van der Waals surface area contributed by atoms with Crippen LogP contribution in [0.5, 0.6) is 0 Å². The highest BCUT2D eigenvalue weighted by Gasteiger charge is 2.48. The van der Waals surface area contributed by atoms with E-state index in [4.69, 9.17) is 4.74 Å². The molecule has 3 atom stereocenters. The standard InChI is InChI=1S/C13H24O4/c1-4-6-10(11(14)15)13(16)7-8-17-12(3,5-2)9-13/h10,16H,4-9H2,1-3H3,(H,14,15). The average molecular weight is 244 g/mol. The number of ether oxygens (including phenoxy) is 1. The number of carbonyl (C=O) groups is 1. The third-order valence-corrected chi connectivity index (χ3v) is 3.94. The zero-order chi connectivity index (χ0) is 13.1. The Labute approximate surface area is 103 Å². The maximum Gasteiger partial charge on any atom is 0.309 e. The van der Waals surface area contributed by atoms with Crippen LogP contribution in [0.1, 0.15) is 52.9 Å². The Morgan fingerprint density at radius 2 is 2.12 bits per heavy atom. The van der Waals surface area contributed by atoms with E-state index in [1.165, 1.54) is 0 Å². The maximum atomic E-state index is 11.3. The van der Waals surface area contributed by atoms with Gasteiger partial charge in [-0.3, -0.25) is 4.79 Å². The van der Waals surface area contributed by atoms with Gasteiger partial charge in [-0.15, -0.1) is 0 Å². The van der Waals surface area contributed by atoms with Gasteiger partial charge < -0.3 is 14.9 Å². The molecular formula is C13H24O4. The van der Waals surface area contributed by atoms with Crippen LogP contribution in [0.2, 0.25) is 0 Å². The monoisotopic (exact) mass is 244 g/mol. The molecule has 0 radical (unpaired) electrons. The van der Waals surface area contributed by atoms with E-state index in [1.54, 1.807) is 0 Å². The Kier molecular flexibility index (Phi) is 4.55. The van der Waals surface area contributed by atoms with Crippen LogP contribution in [-0.2, 0) is 9.53 Å². The number of carboxylic acid groups (broad SMARTS) is 1. The van der Waals surface area contributed by atoms with E-state index in [2.05, 4.69) is 0 Å². The first-order chi connectivity index (χ1) is 7.87. The van der Waals surface area contributed by atoms with Crippen molar-refractivity contribution < 1.29 is 19.7 Å². The third kappa shape index (κ3) is 3.19. The minimum atomic E-state index is -1.12. The number of aliphatic carboxylic acids is 1. The van der Waals surface area contributed by atoms with E-state index in [-0.39, 0.29) is 0 Å². The predicted octanol–water partition coefficient (Wildman–Crippen LogP) is 2.20. The molecule has 0 aromatic heterocycles. The van der Waals surface area contributed by atoms with E-state index >= 15 is 0 Å². The molecule has 4 nitrogen and oxygen atoms in total. The van der Waals surface area contributed by atoms with Gasteiger partial charge in [0.1, 0.15) is 0 Å². The van der Waals surface area contributed by atoms with Gasteiger partial charge in [-0.2, -0.15) is 0 Å². The first kappa shape index (κ1) is 14.5. The fraction of sp³-hybridized carbons (Fsp3) is 0.923. The number of rotatable bonds is 5. The Morgan fingerprint density at radius 1 is 1.47 bits per heavy atom. The second kappa shape index (κ2) is 5.36. The highest BCUT2D eigenvalue weighted by Crippen LogP contribution is 2.40. The number of carboxylic acids is 1. The molecule has 1 heterocycles. The maximum absolute atomic E-state index is 11.3. The zero-order valence-corrected chi connectivity index (χ0v) is 11.0. The predicted molar refractivity (Wildman–Crippen MR) is 64.9 cm³/mol. The summed E-state index contributed by atoms with van der Waals surface area (Å²) < 4.78 is 5.67. The first-order valence-electron chi connectivity index (χ1n) is 6.46. The van der Waals surface area contributed by atoms with Crippen LogP contribution in [0.4, 0.5) is 0 Å². The van der Waals surface area contributed by atoms with Gasteiger partial charge in [0.25, 0.3) is 0 Å². The molecule has 0 aliphatic carbocycles. The summed E-state index contributed by atoms with van der Waals surface area (Å²) in [6.45, 7) is 6.33. The molecule has 0 spiro atoms. The summed E-state index contributed by atoms with van der Waals surface area (Å²) in [7, 11) is 0. The summed E-state index contributed by atoms with van der Waals surface area (Å²) in [4.78, 5) is 11.3. The molecule has 3 unspecified atom stereocenters. The molecule has 1 saturated heterocycles. The molecule has 2 N–H and O–H groups in total. The molecule has 1 rings (SSSR count). The molecule has 0 saturated carbocycles. The molecule has 4 heteroatoms. The SMILES string of the molecule is CCCC(C(=O)O)C1(O)CCOC(C)(CC)C1. The van der Waals surface area contributed by atoms with E-state index in [9.17, 15) is 15.0 Å². The largest absolute Gasteiger partial charge is 0.481 e. The topological polar surface area (TPSA) is 66.8 Å². The van der Waals surface area contributed by atoms with Crippen LogP contribution in [0.25, 0.3) is 0 Å². The van der Waals surface area contributed by atoms with Gasteiger partial charge in [-0.25, -0.2) is 0 Å². The van der Waals surface area contributed by atoms with Crippen molar-refractivity contribution in [3.05, 3.63) is 0 Å². The smallest absolute Gasteiger partial charge is 0.309 e. The fourth-order valence-electron chi connectivity index (χ4n) is 2.70. The molecule has 100 valence electrons. The van der Waals surface area contributed by atoms with Gasteiger partial charge in [0.2, 0.25) is 0 Å². The van der Waals surface area contributed by atoms with Crippen molar-refractivity contribution in [2.45, 2.75) is 64.1 Å². The number of hydrogen-bond donors (Lipinski definition) is 2. The second-order valence-electron chi connectivity index (χ2n) is 5.36. The zero-order valence-electron chi connectivity index (χ0n) is 11.0. The lowest BCUT2D eigenvalue weighted by Gasteiger charge is -2.45. The van der Waals surface area contributed by atoms with Crippen LogP contribution in [0.3, 0.4) is 0 Å². The lowest BCUT2D eigenvalue weighted by molar-refractivity contribution is -0.187. The molecule has 0 aromatic rings. The molecule has 0 aromatic carbocycles. The van der Waals surface area contributed by atoms with Gasteiger partial charge in [0.15, 0.2) is 0 Å². The quantitative estimate of drug-likeness (QED) is 0.778. The molecule has 17 heavy (non-hydrogen) atoms. The highest BCUT2D eigenvalue weighted by molar-refractivity contribution is 5.71. The van der Waals surface area contributed by atoms with Crippen molar-refractivity contribution >= 4 is 5.97 Å². The van der Waals surface area contributed by atoms with Gasteiger partial charge in [-0.1, -0.05) is 20.3 Å². The minimum Gasteiger partial charge on any atom is -0.481 e. The van der Waals surface area contributed by atoms with E-state index in [0.29, 0.717) is 25.9 Å². The molecule has 0 amide bonds. The van der Waals surface area contributed by atoms with Crippen LogP contribution < -0.4 is 0 Å². The molecular weight excluding hydrogens is 220 g/mol. The van der Waals surface area contributed by atoms with Crippen molar-refractivity contribution in [2.75, 3.05) is 6.61 Å². The first-order valence-corrected chi connectivity index (χ1v) is 6.46. The van der Waals surface area contributed by atoms with Crippen LogP contribution in [0.15, 0.2) is 0 Å². The summed E-state index contributed by atoms with van der Waals surface area (Å²) in [5.41, 5.74) is -1.51. The van der Waals surface area contributed by atoms with Crippen LogP contribution >= 0.6 is 0 Å². The van der Waals surface area contributed by atoms with Crippen molar-refractivity contribution in [1.29, 1.82) is 0 Å². The van der Waals surface area contributed by atoms with Crippen molar-refractivity contribution in [1.82, 2.24) is 0 Å². The minimum absolute atomic E-state index is 0.394. The average Bonchev–Trinajstić information content (AvgIpc) is 2.25. The van der Waals surface area contributed by atoms with Gasteiger partial charge in [-0.05, 0) is 19.8 Å².